The Morgan fingerprint density at radius 1 is 1.00 bits per heavy atom. The van der Waals surface area contributed by atoms with E-state index in [1.54, 1.807) is 0 Å². The molecule has 20 heavy (non-hydrogen) atoms. The maximum Gasteiger partial charge on any atom is 0.161 e. The van der Waals surface area contributed by atoms with Crippen LogP contribution in [0.5, 0.6) is 11.5 Å². The lowest BCUT2D eigenvalue weighted by Gasteiger charge is -2.31. The van der Waals surface area contributed by atoms with Crippen molar-refractivity contribution in [3.63, 3.8) is 0 Å². The molecule has 1 N–H and O–H groups in total. The number of para-hydroxylation sites is 2. The van der Waals surface area contributed by atoms with Gasteiger partial charge in [-0.1, -0.05) is 26.0 Å². The molecule has 0 aliphatic heterocycles. The second-order valence-corrected chi connectivity index (χ2v) is 5.22. The molecule has 3 heteroatoms. The molecule has 0 amide bonds. The summed E-state index contributed by atoms with van der Waals surface area (Å²) in [6, 6.07) is 7.89. The zero-order valence-corrected chi connectivity index (χ0v) is 13.4. The van der Waals surface area contributed by atoms with Crippen LogP contribution in [0.25, 0.3) is 0 Å². The van der Waals surface area contributed by atoms with E-state index < -0.39 is 0 Å². The van der Waals surface area contributed by atoms with Gasteiger partial charge < -0.3 is 14.8 Å². The van der Waals surface area contributed by atoms with Gasteiger partial charge in [-0.15, -0.1) is 0 Å². The van der Waals surface area contributed by atoms with Crippen LogP contribution in [-0.2, 0) is 0 Å². The fourth-order valence-electron chi connectivity index (χ4n) is 2.54. The predicted octanol–water partition coefficient (Wildman–Crippen LogP) is 3.88. The van der Waals surface area contributed by atoms with Gasteiger partial charge in [0.05, 0.1) is 13.2 Å². The van der Waals surface area contributed by atoms with Crippen LogP contribution < -0.4 is 14.8 Å². The van der Waals surface area contributed by atoms with Gasteiger partial charge in [0.1, 0.15) is 0 Å². The summed E-state index contributed by atoms with van der Waals surface area (Å²) in [7, 11) is 2.02. The second-order valence-electron chi connectivity index (χ2n) is 5.22. The van der Waals surface area contributed by atoms with Gasteiger partial charge in [-0.2, -0.15) is 0 Å². The van der Waals surface area contributed by atoms with Crippen LogP contribution in [0.2, 0.25) is 0 Å². The zero-order chi connectivity index (χ0) is 14.8. The molecule has 3 nitrogen and oxygen atoms in total. The molecule has 0 bridgehead atoms. The van der Waals surface area contributed by atoms with Crippen molar-refractivity contribution in [3.05, 3.63) is 24.3 Å². The molecule has 0 spiro atoms. The Bertz CT molecular complexity index is 375. The minimum Gasteiger partial charge on any atom is -0.490 e. The van der Waals surface area contributed by atoms with Gasteiger partial charge in [0.15, 0.2) is 11.5 Å². The molecule has 1 rings (SSSR count). The van der Waals surface area contributed by atoms with Crippen molar-refractivity contribution < 1.29 is 9.47 Å². The highest BCUT2D eigenvalue weighted by molar-refractivity contribution is 5.39. The van der Waals surface area contributed by atoms with Crippen LogP contribution in [0.1, 0.15) is 40.0 Å². The Labute approximate surface area is 123 Å². The monoisotopic (exact) mass is 279 g/mol. The molecular formula is C17H29NO2. The maximum atomic E-state index is 5.94. The van der Waals surface area contributed by atoms with Gasteiger partial charge in [-0.25, -0.2) is 0 Å². The molecule has 0 unspecified atom stereocenters. The molecule has 0 aliphatic carbocycles. The molecule has 114 valence electrons. The van der Waals surface area contributed by atoms with Gasteiger partial charge >= 0.3 is 0 Å². The van der Waals surface area contributed by atoms with Crippen molar-refractivity contribution in [1.29, 1.82) is 0 Å². The third-order valence-corrected chi connectivity index (χ3v) is 4.09. The highest BCUT2D eigenvalue weighted by Crippen LogP contribution is 2.31. The van der Waals surface area contributed by atoms with E-state index in [9.17, 15) is 0 Å². The Morgan fingerprint density at radius 3 is 2.10 bits per heavy atom. The van der Waals surface area contributed by atoms with Crippen LogP contribution in [0.4, 0.5) is 0 Å². The maximum absolute atomic E-state index is 5.94. The van der Waals surface area contributed by atoms with Crippen molar-refractivity contribution in [3.8, 4) is 11.5 Å². The first kappa shape index (κ1) is 16.8. The van der Waals surface area contributed by atoms with Crippen LogP contribution >= 0.6 is 0 Å². The van der Waals surface area contributed by atoms with E-state index in [1.165, 1.54) is 12.8 Å². The normalized spacial score (nSPS) is 11.4. The van der Waals surface area contributed by atoms with Gasteiger partial charge in [-0.3, -0.25) is 0 Å². The number of benzene rings is 1. The summed E-state index contributed by atoms with van der Waals surface area (Å²) < 4.78 is 11.5. The summed E-state index contributed by atoms with van der Waals surface area (Å²) in [6.45, 7) is 8.94. The minimum atomic E-state index is 0.329. The van der Waals surface area contributed by atoms with Gasteiger partial charge in [0, 0.05) is 6.54 Å². The molecular weight excluding hydrogens is 250 g/mol. The van der Waals surface area contributed by atoms with E-state index in [1.807, 2.05) is 38.2 Å². The number of rotatable bonds is 10. The molecule has 0 fully saturated rings. The summed E-state index contributed by atoms with van der Waals surface area (Å²) in [5, 5.41) is 3.31. The summed E-state index contributed by atoms with van der Waals surface area (Å²) in [5.74, 6) is 1.68. The molecule has 1 aromatic rings. The minimum absolute atomic E-state index is 0.329. The van der Waals surface area contributed by atoms with E-state index in [4.69, 9.17) is 9.47 Å². The zero-order valence-electron chi connectivity index (χ0n) is 13.4. The Morgan fingerprint density at radius 2 is 1.60 bits per heavy atom. The van der Waals surface area contributed by atoms with Crippen LogP contribution in [-0.4, -0.2) is 26.8 Å². The van der Waals surface area contributed by atoms with Crippen LogP contribution in [0.3, 0.4) is 0 Å². The molecule has 0 atom stereocenters. The lowest BCUT2D eigenvalue weighted by molar-refractivity contribution is 0.174. The van der Waals surface area contributed by atoms with Crippen LogP contribution in [0.15, 0.2) is 24.3 Å². The topological polar surface area (TPSA) is 30.5 Å². The number of nitrogens with one attached hydrogen (secondary N) is 1. The van der Waals surface area contributed by atoms with Gasteiger partial charge in [-0.05, 0) is 50.8 Å². The van der Waals surface area contributed by atoms with E-state index in [0.29, 0.717) is 12.0 Å². The average molecular weight is 279 g/mol. The summed E-state index contributed by atoms with van der Waals surface area (Å²) in [6.07, 6.45) is 3.39. The highest BCUT2D eigenvalue weighted by atomic mass is 16.5. The first-order valence-electron chi connectivity index (χ1n) is 7.70. The standard InChI is InChI=1S/C17H29NO2/c1-5-17(6-2,14-18-4)12-13-20-16-11-9-8-10-15(16)19-7-3/h8-11,18H,5-7,12-14H2,1-4H3. The number of hydrogen-bond donors (Lipinski definition) is 1. The molecule has 0 aromatic heterocycles. The lowest BCUT2D eigenvalue weighted by Crippen LogP contribution is -2.33. The molecule has 0 saturated heterocycles. The van der Waals surface area contributed by atoms with Crippen molar-refractivity contribution in [2.45, 2.75) is 40.0 Å². The van der Waals surface area contributed by atoms with E-state index in [0.717, 1.165) is 31.1 Å². The highest BCUT2D eigenvalue weighted by Gasteiger charge is 2.25. The van der Waals surface area contributed by atoms with Crippen molar-refractivity contribution in [1.82, 2.24) is 5.32 Å². The Hall–Kier alpha value is -1.22. The van der Waals surface area contributed by atoms with Gasteiger partial charge in [0.25, 0.3) is 0 Å². The SMILES string of the molecule is CCOc1ccccc1OCCC(CC)(CC)CNC. The molecule has 0 saturated carbocycles. The molecule has 0 radical (unpaired) electrons. The molecule has 0 heterocycles. The van der Waals surface area contributed by atoms with E-state index in [-0.39, 0.29) is 0 Å². The Balaban J connectivity index is 2.58. The molecule has 0 aliphatic rings. The quantitative estimate of drug-likeness (QED) is 0.705. The van der Waals surface area contributed by atoms with Crippen molar-refractivity contribution >= 4 is 0 Å². The second kappa shape index (κ2) is 8.85. The lowest BCUT2D eigenvalue weighted by atomic mass is 9.79. The van der Waals surface area contributed by atoms with Crippen molar-refractivity contribution in [2.24, 2.45) is 5.41 Å². The first-order chi connectivity index (χ1) is 9.71. The van der Waals surface area contributed by atoms with Crippen molar-refractivity contribution in [2.75, 3.05) is 26.8 Å². The largest absolute Gasteiger partial charge is 0.490 e. The Kier molecular flexibility index (Phi) is 7.45. The predicted molar refractivity (Wildman–Crippen MR) is 84.7 cm³/mol. The fraction of sp³-hybridized carbons (Fsp3) is 0.647. The van der Waals surface area contributed by atoms with E-state index in [2.05, 4.69) is 19.2 Å². The first-order valence-corrected chi connectivity index (χ1v) is 7.70. The summed E-state index contributed by atoms with van der Waals surface area (Å²) >= 11 is 0. The summed E-state index contributed by atoms with van der Waals surface area (Å²) in [4.78, 5) is 0. The number of ether oxygens (including phenoxy) is 2. The average Bonchev–Trinajstić information content (AvgIpc) is 2.48. The smallest absolute Gasteiger partial charge is 0.161 e. The van der Waals surface area contributed by atoms with Crippen LogP contribution in [0, 0.1) is 5.41 Å². The summed E-state index contributed by atoms with van der Waals surface area (Å²) in [5.41, 5.74) is 0.329. The van der Waals surface area contributed by atoms with Gasteiger partial charge in [0.2, 0.25) is 0 Å². The van der Waals surface area contributed by atoms with E-state index >= 15 is 0 Å². The molecule has 1 aromatic carbocycles. The fourth-order valence-corrected chi connectivity index (χ4v) is 2.54. The third-order valence-electron chi connectivity index (χ3n) is 4.09. The third kappa shape index (κ3) is 4.71. The number of hydrogen-bond acceptors (Lipinski definition) is 3.